The molecule has 8 heteroatoms. The SMILES string of the molecule is CCN1CCN(c2ccc(NC3N=CC(CCc4cc(C(=O)NC)cc5occc45)C=N3)cc2)CC1. The Kier molecular flexibility index (Phi) is 7.32. The summed E-state index contributed by atoms with van der Waals surface area (Å²) in [5, 5.41) is 7.12. The lowest BCUT2D eigenvalue weighted by Crippen LogP contribution is -2.46. The molecule has 0 radical (unpaired) electrons. The molecule has 2 aromatic carbocycles. The van der Waals surface area contributed by atoms with Crippen molar-refractivity contribution in [2.45, 2.75) is 26.1 Å². The Labute approximate surface area is 212 Å². The molecule has 2 N–H and O–H groups in total. The van der Waals surface area contributed by atoms with E-state index < -0.39 is 0 Å². The standard InChI is InChI=1S/C28H34N6O2/c1-3-33-11-13-34(14-12-33)24-8-6-23(7-9-24)32-28-30-18-20(19-31-28)4-5-21-16-22(27(35)29-2)17-26-25(21)10-15-36-26/h6-10,15-20,28,32H,3-5,11-14H2,1-2H3,(H,29,35). The first kappa shape index (κ1) is 24.1. The Morgan fingerprint density at radius 1 is 1.06 bits per heavy atom. The van der Waals surface area contributed by atoms with Gasteiger partial charge in [-0.1, -0.05) is 6.92 Å². The highest BCUT2D eigenvalue weighted by atomic mass is 16.3. The molecule has 0 atom stereocenters. The fraction of sp³-hybridized carbons (Fsp3) is 0.393. The van der Waals surface area contributed by atoms with Crippen molar-refractivity contribution in [3.8, 4) is 0 Å². The van der Waals surface area contributed by atoms with E-state index in [4.69, 9.17) is 4.42 Å². The minimum absolute atomic E-state index is 0.114. The van der Waals surface area contributed by atoms with Gasteiger partial charge in [-0.25, -0.2) is 0 Å². The van der Waals surface area contributed by atoms with Crippen LogP contribution in [0.15, 0.2) is 63.1 Å². The number of nitrogens with one attached hydrogen (secondary N) is 2. The van der Waals surface area contributed by atoms with Gasteiger partial charge in [-0.15, -0.1) is 0 Å². The van der Waals surface area contributed by atoms with E-state index in [2.05, 4.69) is 61.6 Å². The van der Waals surface area contributed by atoms with Crippen molar-refractivity contribution < 1.29 is 9.21 Å². The van der Waals surface area contributed by atoms with Crippen LogP contribution in [0.3, 0.4) is 0 Å². The van der Waals surface area contributed by atoms with Gasteiger partial charge in [0.15, 0.2) is 0 Å². The molecule has 1 fully saturated rings. The highest BCUT2D eigenvalue weighted by Gasteiger charge is 2.17. The molecule has 8 nitrogen and oxygen atoms in total. The molecule has 3 aromatic rings. The topological polar surface area (TPSA) is 85.5 Å². The van der Waals surface area contributed by atoms with E-state index in [9.17, 15) is 4.79 Å². The molecule has 2 aliphatic heterocycles. The second-order valence-corrected chi connectivity index (χ2v) is 9.33. The number of aliphatic imine (C=N–C) groups is 2. The van der Waals surface area contributed by atoms with Gasteiger partial charge >= 0.3 is 0 Å². The summed E-state index contributed by atoms with van der Waals surface area (Å²) in [5.74, 6) is 0.0363. The van der Waals surface area contributed by atoms with Gasteiger partial charge in [-0.2, -0.15) is 0 Å². The summed E-state index contributed by atoms with van der Waals surface area (Å²) in [7, 11) is 1.64. The van der Waals surface area contributed by atoms with E-state index in [-0.39, 0.29) is 18.1 Å². The number of aryl methyl sites for hydroxylation is 1. The van der Waals surface area contributed by atoms with Crippen molar-refractivity contribution in [2.75, 3.05) is 50.0 Å². The summed E-state index contributed by atoms with van der Waals surface area (Å²) in [4.78, 5) is 26.3. The number of amides is 1. The van der Waals surface area contributed by atoms with Gasteiger partial charge in [0.05, 0.1) is 6.26 Å². The number of nitrogens with zero attached hydrogens (tertiary/aromatic N) is 4. The molecule has 0 unspecified atom stereocenters. The lowest BCUT2D eigenvalue weighted by atomic mass is 9.97. The second-order valence-electron chi connectivity index (χ2n) is 9.33. The van der Waals surface area contributed by atoms with Crippen LogP contribution in [0.1, 0.15) is 29.3 Å². The van der Waals surface area contributed by atoms with Crippen LogP contribution in [-0.2, 0) is 6.42 Å². The number of likely N-dealkylation sites (N-methyl/N-ethyl adjacent to an activating group) is 1. The van der Waals surface area contributed by atoms with E-state index in [0.717, 1.165) is 67.8 Å². The van der Waals surface area contributed by atoms with Gasteiger partial charge in [0.2, 0.25) is 6.29 Å². The van der Waals surface area contributed by atoms with Crippen molar-refractivity contribution >= 4 is 40.7 Å². The first-order valence-corrected chi connectivity index (χ1v) is 12.8. The zero-order chi connectivity index (χ0) is 24.9. The van der Waals surface area contributed by atoms with Crippen molar-refractivity contribution in [1.29, 1.82) is 0 Å². The Balaban J connectivity index is 1.14. The third-order valence-electron chi connectivity index (χ3n) is 7.08. The number of anilines is 2. The lowest BCUT2D eigenvalue weighted by Gasteiger charge is -2.35. The van der Waals surface area contributed by atoms with Crippen LogP contribution >= 0.6 is 0 Å². The van der Waals surface area contributed by atoms with Crippen LogP contribution in [-0.4, -0.2) is 69.3 Å². The molecule has 0 bridgehead atoms. The van der Waals surface area contributed by atoms with Gasteiger partial charge in [-0.3, -0.25) is 14.8 Å². The number of fused-ring (bicyclic) bond motifs is 1. The van der Waals surface area contributed by atoms with Crippen molar-refractivity contribution in [3.63, 3.8) is 0 Å². The van der Waals surface area contributed by atoms with E-state index in [0.29, 0.717) is 5.56 Å². The van der Waals surface area contributed by atoms with Gasteiger partial charge in [0.25, 0.3) is 5.91 Å². The van der Waals surface area contributed by atoms with E-state index in [1.54, 1.807) is 19.4 Å². The molecule has 1 amide bonds. The molecule has 0 aliphatic carbocycles. The maximum Gasteiger partial charge on any atom is 0.251 e. The van der Waals surface area contributed by atoms with Crippen molar-refractivity contribution in [3.05, 3.63) is 59.9 Å². The third kappa shape index (κ3) is 5.44. The summed E-state index contributed by atoms with van der Waals surface area (Å²) in [6.45, 7) is 7.73. The van der Waals surface area contributed by atoms with Gasteiger partial charge in [-0.05, 0) is 67.4 Å². The fourth-order valence-electron chi connectivity index (χ4n) is 4.88. The van der Waals surface area contributed by atoms with E-state index >= 15 is 0 Å². The summed E-state index contributed by atoms with van der Waals surface area (Å²) in [5.41, 5.74) is 4.71. The summed E-state index contributed by atoms with van der Waals surface area (Å²) >= 11 is 0. The summed E-state index contributed by atoms with van der Waals surface area (Å²) in [6.07, 6.45) is 6.97. The average Bonchev–Trinajstić information content (AvgIpc) is 3.41. The molecule has 36 heavy (non-hydrogen) atoms. The third-order valence-corrected chi connectivity index (χ3v) is 7.08. The number of piperazine rings is 1. The summed E-state index contributed by atoms with van der Waals surface area (Å²) in [6, 6.07) is 14.3. The molecule has 1 saturated heterocycles. The Hall–Kier alpha value is -3.65. The molecule has 5 rings (SSSR count). The summed E-state index contributed by atoms with van der Waals surface area (Å²) < 4.78 is 5.56. The minimum atomic E-state index is -0.308. The molecule has 2 aliphatic rings. The Morgan fingerprint density at radius 2 is 1.81 bits per heavy atom. The fourth-order valence-corrected chi connectivity index (χ4v) is 4.88. The van der Waals surface area contributed by atoms with Crippen LogP contribution in [0, 0.1) is 5.92 Å². The normalized spacial score (nSPS) is 20.1. The number of carbonyl (C=O) groups excluding carboxylic acids is 1. The van der Waals surface area contributed by atoms with E-state index in [1.165, 1.54) is 5.69 Å². The van der Waals surface area contributed by atoms with Crippen molar-refractivity contribution in [2.24, 2.45) is 15.9 Å². The molecule has 0 spiro atoms. The van der Waals surface area contributed by atoms with Crippen LogP contribution in [0.25, 0.3) is 11.0 Å². The first-order valence-electron chi connectivity index (χ1n) is 12.8. The van der Waals surface area contributed by atoms with Gasteiger partial charge in [0, 0.05) is 73.9 Å². The zero-order valence-corrected chi connectivity index (χ0v) is 21.0. The number of hydrogen-bond acceptors (Lipinski definition) is 7. The maximum absolute atomic E-state index is 12.1. The smallest absolute Gasteiger partial charge is 0.251 e. The van der Waals surface area contributed by atoms with E-state index in [1.807, 2.05) is 24.6 Å². The zero-order valence-electron chi connectivity index (χ0n) is 21.0. The monoisotopic (exact) mass is 486 g/mol. The maximum atomic E-state index is 12.1. The highest BCUT2D eigenvalue weighted by molar-refractivity contribution is 5.98. The van der Waals surface area contributed by atoms with Crippen LogP contribution in [0.2, 0.25) is 0 Å². The largest absolute Gasteiger partial charge is 0.464 e. The minimum Gasteiger partial charge on any atom is -0.464 e. The number of rotatable bonds is 8. The number of hydrogen-bond donors (Lipinski definition) is 2. The number of furan rings is 1. The molecule has 1 aromatic heterocycles. The molecule has 3 heterocycles. The molecular formula is C28H34N6O2. The van der Waals surface area contributed by atoms with Gasteiger partial charge in [0.1, 0.15) is 5.58 Å². The van der Waals surface area contributed by atoms with Crippen LogP contribution in [0.4, 0.5) is 11.4 Å². The predicted octanol–water partition coefficient (Wildman–Crippen LogP) is 4.03. The quantitative estimate of drug-likeness (QED) is 0.502. The molecule has 0 saturated carbocycles. The molecule has 188 valence electrons. The van der Waals surface area contributed by atoms with Crippen LogP contribution in [0.5, 0.6) is 0 Å². The van der Waals surface area contributed by atoms with Crippen molar-refractivity contribution in [1.82, 2.24) is 10.2 Å². The lowest BCUT2D eigenvalue weighted by molar-refractivity contribution is 0.0963. The Morgan fingerprint density at radius 3 is 2.50 bits per heavy atom. The van der Waals surface area contributed by atoms with Gasteiger partial charge < -0.3 is 24.9 Å². The number of carbonyl (C=O) groups is 1. The number of benzene rings is 2. The predicted molar refractivity (Wildman–Crippen MR) is 147 cm³/mol. The molecular weight excluding hydrogens is 452 g/mol. The highest BCUT2D eigenvalue weighted by Crippen LogP contribution is 2.25. The Bertz CT molecular complexity index is 1230. The average molecular weight is 487 g/mol. The van der Waals surface area contributed by atoms with Crippen LogP contribution < -0.4 is 15.5 Å². The second kappa shape index (κ2) is 11.0. The first-order chi connectivity index (χ1) is 17.6.